The van der Waals surface area contributed by atoms with Gasteiger partial charge in [-0.05, 0) is 41.8 Å². The molecule has 1 aliphatic heterocycles. The van der Waals surface area contributed by atoms with Gasteiger partial charge in [-0.15, -0.1) is 0 Å². The first-order chi connectivity index (χ1) is 22.5. The van der Waals surface area contributed by atoms with Crippen LogP contribution in [0.15, 0.2) is 89.8 Å². The number of benzene rings is 3. The lowest BCUT2D eigenvalue weighted by atomic mass is 9.96. The molecular weight excluding hydrogens is 650 g/mol. The number of methoxy groups -OCH3 is 1. The normalized spacial score (nSPS) is 15.1. The highest BCUT2D eigenvalue weighted by molar-refractivity contribution is 7.89. The highest BCUT2D eigenvalue weighted by atomic mass is 35.5. The van der Waals surface area contributed by atoms with Crippen LogP contribution in [0.1, 0.15) is 30.0 Å². The summed E-state index contributed by atoms with van der Waals surface area (Å²) in [6.07, 6.45) is -0.759. The average molecular weight is 690 g/mol. The second-order valence-electron chi connectivity index (χ2n) is 10.6. The van der Waals surface area contributed by atoms with E-state index in [9.17, 15) is 22.8 Å². The molecule has 2 atom stereocenters. The number of esters is 1. The van der Waals surface area contributed by atoms with Crippen molar-refractivity contribution in [2.24, 2.45) is 0 Å². The van der Waals surface area contributed by atoms with Gasteiger partial charge in [-0.1, -0.05) is 72.3 Å². The summed E-state index contributed by atoms with van der Waals surface area (Å²) < 4.78 is 35.7. The van der Waals surface area contributed by atoms with Gasteiger partial charge in [0.25, 0.3) is 0 Å². The summed E-state index contributed by atoms with van der Waals surface area (Å²) >= 11 is 6.10. The van der Waals surface area contributed by atoms with Crippen molar-refractivity contribution < 1.29 is 42.5 Å². The number of hydrogen-bond acceptors (Lipinski definition) is 9. The number of nitrogens with zero attached hydrogens (tertiary/aromatic N) is 2. The van der Waals surface area contributed by atoms with Gasteiger partial charge >= 0.3 is 17.9 Å². The lowest BCUT2D eigenvalue weighted by Gasteiger charge is -2.39. The van der Waals surface area contributed by atoms with Crippen molar-refractivity contribution in [3.63, 3.8) is 0 Å². The number of rotatable bonds is 15. The molecule has 0 spiro atoms. The summed E-state index contributed by atoms with van der Waals surface area (Å²) in [4.78, 5) is 37.2. The lowest BCUT2D eigenvalue weighted by Crippen LogP contribution is -2.48. The summed E-state index contributed by atoms with van der Waals surface area (Å²) in [7, 11) is -2.61. The summed E-state index contributed by atoms with van der Waals surface area (Å²) in [6, 6.07) is 24.8. The Morgan fingerprint density at radius 3 is 2.00 bits per heavy atom. The summed E-state index contributed by atoms with van der Waals surface area (Å²) in [6.45, 7) is 5.26. The Balaban J connectivity index is 0.000000277. The maximum atomic E-state index is 11.9. The fraction of sp³-hybridized carbons (Fsp3) is 0.364. The standard InChI is InChI=1S/C22H27ClN2O3.C11H13NO6S/c1-27-21(26)17-28-16-15-24-11-13-25(14-12-24)22(18-5-3-2-4-6-18)19-7-9-20(23)10-8-19;13-10(14)7-6-9(11(15)16)12-19(17,18)8-4-2-1-3-5-8/h2-10,22H,11-17H2,1H3;1-5,9,12H,6-7H2,(H,13,14)(H,15,16)/t;9-/m.1/s1. The number of piperazine rings is 1. The zero-order valence-electron chi connectivity index (χ0n) is 26.0. The van der Waals surface area contributed by atoms with E-state index < -0.39 is 34.4 Å². The van der Waals surface area contributed by atoms with Crippen molar-refractivity contribution >= 4 is 39.5 Å². The molecule has 1 heterocycles. The van der Waals surface area contributed by atoms with E-state index in [1.54, 1.807) is 6.07 Å². The molecule has 47 heavy (non-hydrogen) atoms. The Hall–Kier alpha value is -3.85. The van der Waals surface area contributed by atoms with Crippen molar-refractivity contribution in [3.05, 3.63) is 101 Å². The van der Waals surface area contributed by atoms with Crippen molar-refractivity contribution in [3.8, 4) is 0 Å². The van der Waals surface area contributed by atoms with E-state index in [4.69, 9.17) is 26.6 Å². The topological polar surface area (TPSA) is 163 Å². The molecule has 0 saturated carbocycles. The third kappa shape index (κ3) is 12.7. The minimum Gasteiger partial charge on any atom is -0.481 e. The number of carboxylic acid groups (broad SMARTS) is 2. The van der Waals surface area contributed by atoms with E-state index in [1.807, 2.05) is 16.9 Å². The molecule has 12 nitrogen and oxygen atoms in total. The molecule has 1 unspecified atom stereocenters. The number of carbonyl (C=O) groups excluding carboxylic acids is 1. The van der Waals surface area contributed by atoms with E-state index >= 15 is 0 Å². The molecule has 4 rings (SSSR count). The summed E-state index contributed by atoms with van der Waals surface area (Å²) in [5.41, 5.74) is 2.55. The van der Waals surface area contributed by atoms with Gasteiger partial charge in [0.2, 0.25) is 10.0 Å². The Bertz CT molecular complexity index is 1520. The molecule has 0 aromatic heterocycles. The number of aliphatic carboxylic acids is 2. The van der Waals surface area contributed by atoms with E-state index in [0.717, 1.165) is 37.7 Å². The first kappa shape index (κ1) is 37.6. The molecule has 1 saturated heterocycles. The quantitative estimate of drug-likeness (QED) is 0.158. The second kappa shape index (κ2) is 19.1. The molecular formula is C33H40ClN3O9S. The molecule has 1 aliphatic rings. The smallest absolute Gasteiger partial charge is 0.331 e. The van der Waals surface area contributed by atoms with Gasteiger partial charge in [-0.2, -0.15) is 4.72 Å². The first-order valence-electron chi connectivity index (χ1n) is 14.9. The van der Waals surface area contributed by atoms with Crippen LogP contribution in [0.4, 0.5) is 0 Å². The Kier molecular flexibility index (Phi) is 15.3. The molecule has 3 aromatic rings. The van der Waals surface area contributed by atoms with Gasteiger partial charge in [0, 0.05) is 44.2 Å². The van der Waals surface area contributed by atoms with Crippen molar-refractivity contribution in [1.82, 2.24) is 14.5 Å². The van der Waals surface area contributed by atoms with Crippen LogP contribution in [-0.2, 0) is 33.9 Å². The number of ether oxygens (including phenoxy) is 2. The number of carbonyl (C=O) groups is 3. The van der Waals surface area contributed by atoms with Gasteiger partial charge in [0.05, 0.1) is 24.7 Å². The predicted molar refractivity (Wildman–Crippen MR) is 176 cm³/mol. The molecule has 1 fully saturated rings. The highest BCUT2D eigenvalue weighted by Crippen LogP contribution is 2.30. The molecule has 0 aliphatic carbocycles. The van der Waals surface area contributed by atoms with Crippen LogP contribution in [0.2, 0.25) is 5.02 Å². The third-order valence-electron chi connectivity index (χ3n) is 7.37. The monoisotopic (exact) mass is 689 g/mol. The van der Waals surface area contributed by atoms with E-state index in [-0.39, 0.29) is 29.9 Å². The van der Waals surface area contributed by atoms with Gasteiger partial charge < -0.3 is 19.7 Å². The van der Waals surface area contributed by atoms with Gasteiger partial charge in [0.15, 0.2) is 0 Å². The summed E-state index contributed by atoms with van der Waals surface area (Å²) in [5, 5.41) is 18.1. The highest BCUT2D eigenvalue weighted by Gasteiger charge is 2.27. The molecule has 0 amide bonds. The van der Waals surface area contributed by atoms with Crippen LogP contribution in [-0.4, -0.2) is 105 Å². The SMILES string of the molecule is COC(=O)COCCN1CCN(C(c2ccccc2)c2ccc(Cl)cc2)CC1.O=C(O)CC[C@@H](NS(=O)(=O)c1ccccc1)C(=O)O. The third-order valence-corrected chi connectivity index (χ3v) is 9.11. The number of sulfonamides is 1. The van der Waals surface area contributed by atoms with Crippen LogP contribution in [0, 0.1) is 0 Å². The van der Waals surface area contributed by atoms with Crippen LogP contribution < -0.4 is 4.72 Å². The number of hydrogen-bond donors (Lipinski definition) is 3. The maximum Gasteiger partial charge on any atom is 0.331 e. The van der Waals surface area contributed by atoms with Gasteiger partial charge in [-0.25, -0.2) is 13.2 Å². The van der Waals surface area contributed by atoms with Crippen LogP contribution in [0.5, 0.6) is 0 Å². The molecule has 14 heteroatoms. The largest absolute Gasteiger partial charge is 0.481 e. The van der Waals surface area contributed by atoms with Crippen LogP contribution in [0.3, 0.4) is 0 Å². The number of halogens is 1. The van der Waals surface area contributed by atoms with Crippen LogP contribution in [0.25, 0.3) is 0 Å². The van der Waals surface area contributed by atoms with Crippen molar-refractivity contribution in [2.75, 3.05) is 53.0 Å². The second-order valence-corrected chi connectivity index (χ2v) is 12.8. The van der Waals surface area contributed by atoms with Crippen molar-refractivity contribution in [1.29, 1.82) is 0 Å². The summed E-state index contributed by atoms with van der Waals surface area (Å²) in [5.74, 6) is -2.94. The van der Waals surface area contributed by atoms with E-state index in [2.05, 4.69) is 57.0 Å². The first-order valence-corrected chi connectivity index (χ1v) is 16.8. The lowest BCUT2D eigenvalue weighted by molar-refractivity contribution is -0.146. The predicted octanol–water partition coefficient (Wildman–Crippen LogP) is 3.52. The Morgan fingerprint density at radius 1 is 0.872 bits per heavy atom. The fourth-order valence-corrected chi connectivity index (χ4v) is 6.27. The van der Waals surface area contributed by atoms with Crippen LogP contribution >= 0.6 is 11.6 Å². The number of carboxylic acids is 2. The molecule has 3 aromatic carbocycles. The zero-order chi connectivity index (χ0) is 34.2. The van der Waals surface area contributed by atoms with E-state index in [1.165, 1.54) is 42.5 Å². The fourth-order valence-electron chi connectivity index (χ4n) is 4.90. The Labute approximate surface area is 279 Å². The molecule has 3 N–H and O–H groups in total. The molecule has 0 radical (unpaired) electrons. The minimum atomic E-state index is -3.98. The minimum absolute atomic E-state index is 0.0170. The molecule has 0 bridgehead atoms. The maximum absolute atomic E-state index is 11.9. The number of nitrogens with one attached hydrogen (secondary N) is 1. The van der Waals surface area contributed by atoms with Gasteiger partial charge in [-0.3, -0.25) is 19.4 Å². The molecule has 254 valence electrons. The average Bonchev–Trinajstić information content (AvgIpc) is 3.07. The van der Waals surface area contributed by atoms with E-state index in [0.29, 0.717) is 6.61 Å². The zero-order valence-corrected chi connectivity index (χ0v) is 27.6. The van der Waals surface area contributed by atoms with Crippen molar-refractivity contribution in [2.45, 2.75) is 29.8 Å². The van der Waals surface area contributed by atoms with Gasteiger partial charge in [0.1, 0.15) is 12.6 Å². The Morgan fingerprint density at radius 2 is 1.45 bits per heavy atom.